The van der Waals surface area contributed by atoms with E-state index in [1.165, 1.54) is 0 Å². The van der Waals surface area contributed by atoms with Gasteiger partial charge in [0, 0.05) is 23.0 Å². The lowest BCUT2D eigenvalue weighted by Gasteiger charge is -2.32. The summed E-state index contributed by atoms with van der Waals surface area (Å²) in [4.78, 5) is 13.4. The number of fused-ring (bicyclic) bond motifs is 3. The Balaban J connectivity index is 1.85. The highest BCUT2D eigenvalue weighted by molar-refractivity contribution is 6.51. The Morgan fingerprint density at radius 2 is 1.62 bits per heavy atom. The molecule has 0 saturated heterocycles. The van der Waals surface area contributed by atoms with Gasteiger partial charge >= 0.3 is 6.18 Å². The van der Waals surface area contributed by atoms with Crippen LogP contribution >= 0.6 is 0 Å². The quantitative estimate of drug-likeness (QED) is 0.170. The van der Waals surface area contributed by atoms with Crippen LogP contribution in [0.1, 0.15) is 65.2 Å². The highest BCUT2D eigenvalue weighted by Gasteiger charge is 2.45. The summed E-state index contributed by atoms with van der Waals surface area (Å²) in [6.07, 6.45) is -4.07. The fraction of sp³-hybridized carbons (Fsp3) is 0.286. The number of ketones is 1. The molecule has 0 bridgehead atoms. The molecule has 34 heavy (non-hydrogen) atoms. The molecule has 0 aromatic heterocycles. The average Bonchev–Trinajstić information content (AvgIpc) is 3.09. The number of aryl methyl sites for hydroxylation is 1. The molecule has 1 unspecified atom stereocenters. The van der Waals surface area contributed by atoms with E-state index in [9.17, 15) is 23.2 Å². The minimum atomic E-state index is -4.28. The molecular weight excluding hydrogens is 439 g/mol. The standard InChI is InChI=1S/C28H26F3NO2/c1-3-14-27(15-16-28(29,30)31)23-11-7-6-10-21(23)22-13-12-19(17-24(22)27)26(33)25(32-34)20-9-5-4-8-18(20)2/h4-13,17,34H,3,14-16H2,1-2H3/b32-25+. The number of hydrogen-bond donors (Lipinski definition) is 1. The van der Waals surface area contributed by atoms with Gasteiger partial charge in [0.25, 0.3) is 0 Å². The molecule has 0 radical (unpaired) electrons. The molecule has 0 amide bonds. The van der Waals surface area contributed by atoms with Crippen molar-refractivity contribution in [1.82, 2.24) is 0 Å². The molecule has 176 valence electrons. The van der Waals surface area contributed by atoms with Crippen molar-refractivity contribution in [2.24, 2.45) is 5.16 Å². The number of carbonyl (C=O) groups excluding carboxylic acids is 1. The second kappa shape index (κ2) is 9.09. The summed E-state index contributed by atoms with van der Waals surface area (Å²) in [5.41, 5.74) is 4.00. The van der Waals surface area contributed by atoms with E-state index in [-0.39, 0.29) is 17.7 Å². The largest absolute Gasteiger partial charge is 0.410 e. The Hall–Kier alpha value is -3.41. The van der Waals surface area contributed by atoms with E-state index in [2.05, 4.69) is 5.16 Å². The number of alkyl halides is 3. The van der Waals surface area contributed by atoms with Gasteiger partial charge in [-0.05, 0) is 53.6 Å². The summed E-state index contributed by atoms with van der Waals surface area (Å²) < 4.78 is 40.1. The average molecular weight is 466 g/mol. The normalized spacial score (nSPS) is 17.4. The van der Waals surface area contributed by atoms with Crippen molar-refractivity contribution in [3.05, 3.63) is 94.5 Å². The lowest BCUT2D eigenvalue weighted by molar-refractivity contribution is -0.137. The first-order valence-corrected chi connectivity index (χ1v) is 11.4. The fourth-order valence-electron chi connectivity index (χ4n) is 5.24. The third-order valence-electron chi connectivity index (χ3n) is 6.76. The minimum Gasteiger partial charge on any atom is -0.410 e. The highest BCUT2D eigenvalue weighted by atomic mass is 19.4. The van der Waals surface area contributed by atoms with Gasteiger partial charge in [-0.25, -0.2) is 0 Å². The highest BCUT2D eigenvalue weighted by Crippen LogP contribution is 2.54. The van der Waals surface area contributed by atoms with Crippen LogP contribution in [0.2, 0.25) is 0 Å². The third-order valence-corrected chi connectivity index (χ3v) is 6.76. The zero-order valence-electron chi connectivity index (χ0n) is 19.1. The van der Waals surface area contributed by atoms with Crippen molar-refractivity contribution < 1.29 is 23.2 Å². The second-order valence-corrected chi connectivity index (χ2v) is 8.85. The summed E-state index contributed by atoms with van der Waals surface area (Å²) in [6.45, 7) is 3.77. The lowest BCUT2D eigenvalue weighted by atomic mass is 9.71. The van der Waals surface area contributed by atoms with E-state index in [1.807, 2.05) is 50.2 Å². The molecule has 0 spiro atoms. The molecule has 3 aromatic carbocycles. The van der Waals surface area contributed by atoms with Crippen LogP contribution in [-0.4, -0.2) is 22.9 Å². The Labute approximate surface area is 196 Å². The van der Waals surface area contributed by atoms with Crippen LogP contribution in [0.15, 0.2) is 71.9 Å². The van der Waals surface area contributed by atoms with Crippen LogP contribution in [0.3, 0.4) is 0 Å². The Morgan fingerprint density at radius 3 is 2.29 bits per heavy atom. The number of Topliss-reactive ketones (excluding diaryl/α,β-unsaturated/α-hetero) is 1. The maximum absolute atomic E-state index is 13.4. The molecule has 3 nitrogen and oxygen atoms in total. The summed E-state index contributed by atoms with van der Waals surface area (Å²) >= 11 is 0. The van der Waals surface area contributed by atoms with Crippen molar-refractivity contribution in [1.29, 1.82) is 0 Å². The van der Waals surface area contributed by atoms with Gasteiger partial charge < -0.3 is 5.21 Å². The van der Waals surface area contributed by atoms with Crippen molar-refractivity contribution >= 4 is 11.5 Å². The zero-order chi connectivity index (χ0) is 24.5. The molecule has 3 aromatic rings. The predicted molar refractivity (Wildman–Crippen MR) is 127 cm³/mol. The first-order chi connectivity index (χ1) is 16.2. The number of nitrogens with zero attached hydrogens (tertiary/aromatic N) is 1. The summed E-state index contributed by atoms with van der Waals surface area (Å²) in [5.74, 6) is -0.475. The van der Waals surface area contributed by atoms with Gasteiger partial charge in [0.1, 0.15) is 0 Å². The number of carbonyl (C=O) groups is 1. The number of halogens is 3. The minimum absolute atomic E-state index is 0.0925. The van der Waals surface area contributed by atoms with Crippen LogP contribution in [0.25, 0.3) is 11.1 Å². The molecule has 1 N–H and O–H groups in total. The van der Waals surface area contributed by atoms with Crippen LogP contribution < -0.4 is 0 Å². The second-order valence-electron chi connectivity index (χ2n) is 8.85. The van der Waals surface area contributed by atoms with Crippen LogP contribution in [-0.2, 0) is 5.41 Å². The topological polar surface area (TPSA) is 49.7 Å². The summed E-state index contributed by atoms with van der Waals surface area (Å²) in [5, 5.41) is 13.0. The number of rotatable bonds is 7. The van der Waals surface area contributed by atoms with E-state index in [0.717, 1.165) is 27.8 Å². The van der Waals surface area contributed by atoms with E-state index in [1.54, 1.807) is 30.3 Å². The molecular formula is C28H26F3NO2. The van der Waals surface area contributed by atoms with E-state index in [4.69, 9.17) is 0 Å². The van der Waals surface area contributed by atoms with Crippen molar-refractivity contribution in [3.8, 4) is 11.1 Å². The van der Waals surface area contributed by atoms with Gasteiger partial charge in [-0.2, -0.15) is 13.2 Å². The predicted octanol–water partition coefficient (Wildman–Crippen LogP) is 7.47. The number of benzene rings is 3. The van der Waals surface area contributed by atoms with Gasteiger partial charge in [-0.15, -0.1) is 0 Å². The summed E-state index contributed by atoms with van der Waals surface area (Å²) in [6, 6.07) is 19.8. The number of oxime groups is 1. The van der Waals surface area contributed by atoms with Crippen molar-refractivity contribution in [2.45, 2.75) is 51.1 Å². The lowest BCUT2D eigenvalue weighted by Crippen LogP contribution is -2.28. The molecule has 4 rings (SSSR count). The van der Waals surface area contributed by atoms with E-state index < -0.39 is 23.8 Å². The first kappa shape index (κ1) is 23.7. The Kier molecular flexibility index (Phi) is 6.34. The first-order valence-electron chi connectivity index (χ1n) is 11.4. The molecule has 0 fully saturated rings. The Bertz CT molecular complexity index is 1260. The molecule has 0 saturated carbocycles. The smallest absolute Gasteiger partial charge is 0.389 e. The monoisotopic (exact) mass is 465 g/mol. The van der Waals surface area contributed by atoms with Crippen molar-refractivity contribution in [2.75, 3.05) is 0 Å². The molecule has 1 aliphatic carbocycles. The molecule has 6 heteroatoms. The van der Waals surface area contributed by atoms with Gasteiger partial charge in [0.2, 0.25) is 5.78 Å². The van der Waals surface area contributed by atoms with Crippen molar-refractivity contribution in [3.63, 3.8) is 0 Å². The molecule has 1 atom stereocenters. The fourth-order valence-corrected chi connectivity index (χ4v) is 5.24. The van der Waals surface area contributed by atoms with Gasteiger partial charge in [0.15, 0.2) is 5.71 Å². The van der Waals surface area contributed by atoms with Crippen LogP contribution in [0.4, 0.5) is 13.2 Å². The van der Waals surface area contributed by atoms with Gasteiger partial charge in [-0.3, -0.25) is 4.79 Å². The molecule has 1 aliphatic rings. The zero-order valence-corrected chi connectivity index (χ0v) is 19.1. The summed E-state index contributed by atoms with van der Waals surface area (Å²) in [7, 11) is 0. The van der Waals surface area contributed by atoms with Crippen LogP contribution in [0.5, 0.6) is 0 Å². The molecule has 0 heterocycles. The Morgan fingerprint density at radius 1 is 0.941 bits per heavy atom. The number of hydrogen-bond acceptors (Lipinski definition) is 3. The van der Waals surface area contributed by atoms with E-state index >= 15 is 0 Å². The van der Waals surface area contributed by atoms with Gasteiger partial charge in [0.05, 0.1) is 0 Å². The maximum atomic E-state index is 13.4. The van der Waals surface area contributed by atoms with E-state index in [0.29, 0.717) is 18.4 Å². The van der Waals surface area contributed by atoms with Gasteiger partial charge in [-0.1, -0.05) is 79.2 Å². The maximum Gasteiger partial charge on any atom is 0.389 e. The molecule has 0 aliphatic heterocycles. The van der Waals surface area contributed by atoms with Crippen LogP contribution in [0, 0.1) is 6.92 Å². The third kappa shape index (κ3) is 4.13. The SMILES string of the molecule is CCCC1(CCC(F)(F)F)c2ccccc2-c2ccc(C(=O)/C(=N/O)c3ccccc3C)cc21.